The van der Waals surface area contributed by atoms with Crippen molar-refractivity contribution in [3.8, 4) is 11.5 Å². The number of ether oxygens (including phenoxy) is 2. The molecule has 0 atom stereocenters. The first-order valence-electron chi connectivity index (χ1n) is 6.19. The molecule has 104 valence electrons. The van der Waals surface area contributed by atoms with E-state index in [1.54, 1.807) is 18.2 Å². The van der Waals surface area contributed by atoms with Gasteiger partial charge in [0.05, 0.1) is 12.7 Å². The van der Waals surface area contributed by atoms with Crippen LogP contribution in [0.3, 0.4) is 0 Å². The van der Waals surface area contributed by atoms with Crippen LogP contribution in [0.25, 0.3) is 0 Å². The Morgan fingerprint density at radius 2 is 1.84 bits per heavy atom. The van der Waals surface area contributed by atoms with E-state index in [1.807, 2.05) is 13.8 Å². The zero-order valence-corrected chi connectivity index (χ0v) is 11.7. The molecule has 5 nitrogen and oxygen atoms in total. The number of Topliss-reactive ketones (excluding diaryl/α,β-unsaturated/α-hetero) is 1. The summed E-state index contributed by atoms with van der Waals surface area (Å²) in [5.41, 5.74) is 0.333. The Hall–Kier alpha value is -2.04. The van der Waals surface area contributed by atoms with E-state index in [4.69, 9.17) is 9.47 Å². The molecule has 0 radical (unpaired) electrons. The van der Waals surface area contributed by atoms with Crippen LogP contribution in [0.4, 0.5) is 4.79 Å². The van der Waals surface area contributed by atoms with Crippen LogP contribution in [-0.4, -0.2) is 37.0 Å². The van der Waals surface area contributed by atoms with Crippen molar-refractivity contribution in [3.05, 3.63) is 23.8 Å². The third-order valence-electron chi connectivity index (χ3n) is 2.79. The Balaban J connectivity index is 3.11. The van der Waals surface area contributed by atoms with Crippen LogP contribution in [-0.2, 0) is 0 Å². The van der Waals surface area contributed by atoms with E-state index in [-0.39, 0.29) is 11.5 Å². The fraction of sp³-hybridized carbons (Fsp3) is 0.429. The third kappa shape index (κ3) is 3.47. The monoisotopic (exact) mass is 265 g/mol. The summed E-state index contributed by atoms with van der Waals surface area (Å²) in [5.74, 6) is 0.365. The first-order chi connectivity index (χ1) is 9.04. The van der Waals surface area contributed by atoms with Gasteiger partial charge < -0.3 is 14.4 Å². The molecule has 1 rings (SSSR count). The fourth-order valence-corrected chi connectivity index (χ4v) is 1.69. The van der Waals surface area contributed by atoms with Crippen molar-refractivity contribution in [1.82, 2.24) is 4.90 Å². The Kier molecular flexibility index (Phi) is 5.36. The second-order valence-electron chi connectivity index (χ2n) is 3.93. The Bertz CT molecular complexity index is 467. The molecular weight excluding hydrogens is 246 g/mol. The van der Waals surface area contributed by atoms with Crippen LogP contribution in [0, 0.1) is 0 Å². The van der Waals surface area contributed by atoms with E-state index in [1.165, 1.54) is 18.9 Å². The molecule has 0 bridgehead atoms. The van der Waals surface area contributed by atoms with Crippen LogP contribution in [0.15, 0.2) is 18.2 Å². The molecule has 0 saturated heterocycles. The molecule has 19 heavy (non-hydrogen) atoms. The highest BCUT2D eigenvalue weighted by molar-refractivity contribution is 5.98. The number of hydrogen-bond donors (Lipinski definition) is 0. The number of methoxy groups -OCH3 is 1. The molecule has 0 spiro atoms. The van der Waals surface area contributed by atoms with Crippen LogP contribution in [0.2, 0.25) is 0 Å². The molecule has 0 saturated carbocycles. The number of nitrogens with zero attached hydrogens (tertiary/aromatic N) is 1. The summed E-state index contributed by atoms with van der Waals surface area (Å²) in [6.45, 7) is 6.22. The molecule has 1 aromatic rings. The van der Waals surface area contributed by atoms with E-state index in [0.717, 1.165) is 0 Å². The number of hydrogen-bond acceptors (Lipinski definition) is 4. The smallest absolute Gasteiger partial charge is 0.415 e. The minimum absolute atomic E-state index is 0.175. The van der Waals surface area contributed by atoms with Gasteiger partial charge in [-0.3, -0.25) is 4.79 Å². The lowest BCUT2D eigenvalue weighted by Gasteiger charge is -2.19. The average molecular weight is 265 g/mol. The maximum absolute atomic E-state index is 12.0. The number of para-hydroxylation sites is 1. The lowest BCUT2D eigenvalue weighted by Crippen LogP contribution is -2.33. The van der Waals surface area contributed by atoms with E-state index in [0.29, 0.717) is 24.4 Å². The maximum Gasteiger partial charge on any atom is 0.415 e. The van der Waals surface area contributed by atoms with Crippen molar-refractivity contribution in [2.24, 2.45) is 0 Å². The molecule has 0 N–H and O–H groups in total. The van der Waals surface area contributed by atoms with Gasteiger partial charge in [0, 0.05) is 13.1 Å². The van der Waals surface area contributed by atoms with Crippen LogP contribution < -0.4 is 9.47 Å². The minimum Gasteiger partial charge on any atom is -0.493 e. The summed E-state index contributed by atoms with van der Waals surface area (Å²) in [7, 11) is 1.47. The summed E-state index contributed by atoms with van der Waals surface area (Å²) in [4.78, 5) is 25.0. The van der Waals surface area contributed by atoms with Gasteiger partial charge in [0.15, 0.2) is 17.3 Å². The van der Waals surface area contributed by atoms with Crippen molar-refractivity contribution in [2.75, 3.05) is 20.2 Å². The quantitative estimate of drug-likeness (QED) is 0.768. The predicted octanol–water partition coefficient (Wildman–Crippen LogP) is 2.74. The summed E-state index contributed by atoms with van der Waals surface area (Å²) >= 11 is 0. The first kappa shape index (κ1) is 15.0. The highest BCUT2D eigenvalue weighted by atomic mass is 16.6. The van der Waals surface area contributed by atoms with E-state index >= 15 is 0 Å². The second-order valence-corrected chi connectivity index (χ2v) is 3.93. The third-order valence-corrected chi connectivity index (χ3v) is 2.79. The summed E-state index contributed by atoms with van der Waals surface area (Å²) < 4.78 is 10.5. The number of rotatable bonds is 5. The zero-order valence-electron chi connectivity index (χ0n) is 11.7. The molecule has 0 unspecified atom stereocenters. The van der Waals surface area contributed by atoms with Gasteiger partial charge in [-0.15, -0.1) is 0 Å². The molecule has 0 fully saturated rings. The molecule has 0 aliphatic heterocycles. The van der Waals surface area contributed by atoms with Gasteiger partial charge in [-0.25, -0.2) is 4.79 Å². The molecule has 0 heterocycles. The van der Waals surface area contributed by atoms with Gasteiger partial charge in [-0.2, -0.15) is 0 Å². The van der Waals surface area contributed by atoms with E-state index < -0.39 is 6.09 Å². The SMILES string of the molecule is CCN(CC)C(=O)Oc1c(OC)cccc1C(C)=O. The van der Waals surface area contributed by atoms with Gasteiger partial charge in [0.2, 0.25) is 0 Å². The number of carbonyl (C=O) groups is 2. The summed E-state index contributed by atoms with van der Waals surface area (Å²) in [6.07, 6.45) is -0.489. The number of ketones is 1. The van der Waals surface area contributed by atoms with Crippen molar-refractivity contribution in [3.63, 3.8) is 0 Å². The summed E-state index contributed by atoms with van der Waals surface area (Å²) in [5, 5.41) is 0. The van der Waals surface area contributed by atoms with Crippen molar-refractivity contribution >= 4 is 11.9 Å². The maximum atomic E-state index is 12.0. The Morgan fingerprint density at radius 1 is 1.21 bits per heavy atom. The molecule has 0 aromatic heterocycles. The average Bonchev–Trinajstić information content (AvgIpc) is 2.40. The highest BCUT2D eigenvalue weighted by Gasteiger charge is 2.20. The van der Waals surface area contributed by atoms with Crippen LogP contribution >= 0.6 is 0 Å². The van der Waals surface area contributed by atoms with Gasteiger partial charge >= 0.3 is 6.09 Å². The largest absolute Gasteiger partial charge is 0.493 e. The molecular formula is C14H19NO4. The van der Waals surface area contributed by atoms with Gasteiger partial charge in [-0.1, -0.05) is 6.07 Å². The Morgan fingerprint density at radius 3 is 2.32 bits per heavy atom. The van der Waals surface area contributed by atoms with Crippen LogP contribution in [0.5, 0.6) is 11.5 Å². The summed E-state index contributed by atoms with van der Waals surface area (Å²) in [6, 6.07) is 4.94. The molecule has 5 heteroatoms. The fourth-order valence-electron chi connectivity index (χ4n) is 1.69. The predicted molar refractivity (Wildman–Crippen MR) is 71.9 cm³/mol. The normalized spacial score (nSPS) is 9.89. The van der Waals surface area contributed by atoms with Gasteiger partial charge in [0.1, 0.15) is 0 Å². The minimum atomic E-state index is -0.489. The number of carbonyl (C=O) groups excluding carboxylic acids is 2. The Labute approximate surface area is 113 Å². The van der Waals surface area contributed by atoms with Crippen molar-refractivity contribution in [1.29, 1.82) is 0 Å². The molecule has 0 aliphatic carbocycles. The molecule has 0 aliphatic rings. The van der Waals surface area contributed by atoms with Gasteiger partial charge in [-0.05, 0) is 32.9 Å². The first-order valence-corrected chi connectivity index (χ1v) is 6.19. The molecule has 1 aromatic carbocycles. The van der Waals surface area contributed by atoms with E-state index in [9.17, 15) is 9.59 Å². The lowest BCUT2D eigenvalue weighted by molar-refractivity contribution is 0.101. The van der Waals surface area contributed by atoms with Crippen LogP contribution in [0.1, 0.15) is 31.1 Å². The topological polar surface area (TPSA) is 55.8 Å². The lowest BCUT2D eigenvalue weighted by atomic mass is 10.1. The van der Waals surface area contributed by atoms with Crippen molar-refractivity contribution < 1.29 is 19.1 Å². The van der Waals surface area contributed by atoms with Crippen molar-refractivity contribution in [2.45, 2.75) is 20.8 Å². The standard InChI is InChI=1S/C14H19NO4/c1-5-15(6-2)14(17)19-13-11(10(3)16)8-7-9-12(13)18-4/h7-9H,5-6H2,1-4H3. The van der Waals surface area contributed by atoms with Gasteiger partial charge in [0.25, 0.3) is 0 Å². The number of benzene rings is 1. The number of amides is 1. The second kappa shape index (κ2) is 6.78. The zero-order chi connectivity index (χ0) is 14.4. The highest BCUT2D eigenvalue weighted by Crippen LogP contribution is 2.31. The van der Waals surface area contributed by atoms with E-state index in [2.05, 4.69) is 0 Å². The molecule has 1 amide bonds.